The molecule has 2 fully saturated rings. The Morgan fingerprint density at radius 3 is 2.64 bits per heavy atom. The Labute approximate surface area is 167 Å². The van der Waals surface area contributed by atoms with Crippen LogP contribution in [0.4, 0.5) is 10.6 Å². The van der Waals surface area contributed by atoms with Crippen LogP contribution in [0.1, 0.15) is 51.8 Å². The van der Waals surface area contributed by atoms with Crippen molar-refractivity contribution in [3.05, 3.63) is 11.3 Å². The van der Waals surface area contributed by atoms with Crippen LogP contribution in [-0.2, 0) is 16.8 Å². The van der Waals surface area contributed by atoms with E-state index in [1.165, 1.54) is 0 Å². The molecule has 28 heavy (non-hydrogen) atoms. The molecule has 3 aliphatic heterocycles. The molecule has 4 rings (SSSR count). The van der Waals surface area contributed by atoms with Crippen LogP contribution >= 0.6 is 0 Å². The molecule has 8 heteroatoms. The fourth-order valence-electron chi connectivity index (χ4n) is 4.98. The highest BCUT2D eigenvalue weighted by Gasteiger charge is 2.46. The zero-order chi connectivity index (χ0) is 20.1. The van der Waals surface area contributed by atoms with Gasteiger partial charge in [0.1, 0.15) is 0 Å². The first-order chi connectivity index (χ1) is 13.3. The molecule has 156 valence electrons. The molecule has 8 nitrogen and oxygen atoms in total. The second kappa shape index (κ2) is 7.22. The number of carbonyl (C=O) groups excluding carboxylic acids is 1. The van der Waals surface area contributed by atoms with Crippen LogP contribution in [0, 0.1) is 5.92 Å². The summed E-state index contributed by atoms with van der Waals surface area (Å²) in [4.78, 5) is 20.0. The van der Waals surface area contributed by atoms with Gasteiger partial charge >= 0.3 is 6.03 Å². The number of urea groups is 1. The first kappa shape index (κ1) is 19.5. The Morgan fingerprint density at radius 2 is 1.96 bits per heavy atom. The van der Waals surface area contributed by atoms with Crippen molar-refractivity contribution in [3.8, 4) is 0 Å². The predicted octanol–water partition coefficient (Wildman–Crippen LogP) is 1.98. The van der Waals surface area contributed by atoms with Crippen LogP contribution < -0.4 is 5.73 Å². The summed E-state index contributed by atoms with van der Waals surface area (Å²) in [6.07, 6.45) is 2.30. The van der Waals surface area contributed by atoms with E-state index >= 15 is 0 Å². The van der Waals surface area contributed by atoms with Gasteiger partial charge in [0.25, 0.3) is 0 Å². The van der Waals surface area contributed by atoms with Gasteiger partial charge in [0.05, 0.1) is 17.8 Å². The molecule has 2 saturated heterocycles. The van der Waals surface area contributed by atoms with Crippen molar-refractivity contribution in [1.29, 1.82) is 0 Å². The lowest BCUT2D eigenvalue weighted by atomic mass is 9.97. The Kier molecular flexibility index (Phi) is 5.03. The summed E-state index contributed by atoms with van der Waals surface area (Å²) < 4.78 is 5.50. The number of nitrogen functional groups attached to an aromatic ring is 1. The van der Waals surface area contributed by atoms with Gasteiger partial charge in [0, 0.05) is 50.5 Å². The highest BCUT2D eigenvalue weighted by molar-refractivity contribution is 5.77. The van der Waals surface area contributed by atoms with Crippen LogP contribution in [0.25, 0.3) is 0 Å². The third-order valence-electron chi connectivity index (χ3n) is 6.93. The molecular formula is C20H34N6O2. The lowest BCUT2D eigenvalue weighted by Crippen LogP contribution is -2.62. The summed E-state index contributed by atoms with van der Waals surface area (Å²) in [5.74, 6) is 1.21. The van der Waals surface area contributed by atoms with E-state index in [0.717, 1.165) is 56.9 Å². The molecule has 0 bridgehead atoms. The number of nitrogens with two attached hydrogens (primary N) is 1. The van der Waals surface area contributed by atoms with Crippen molar-refractivity contribution in [2.45, 2.75) is 64.7 Å². The number of hydrogen-bond acceptors (Lipinski definition) is 5. The number of fused-ring (bicyclic) bond motifs is 1. The summed E-state index contributed by atoms with van der Waals surface area (Å²) >= 11 is 0. The maximum Gasteiger partial charge on any atom is 0.321 e. The molecule has 2 atom stereocenters. The van der Waals surface area contributed by atoms with Crippen molar-refractivity contribution in [2.24, 2.45) is 5.92 Å². The highest BCUT2D eigenvalue weighted by atomic mass is 16.5. The van der Waals surface area contributed by atoms with Crippen molar-refractivity contribution < 1.29 is 9.53 Å². The molecule has 3 aliphatic rings. The lowest BCUT2D eigenvalue weighted by Gasteiger charge is -2.47. The van der Waals surface area contributed by atoms with Gasteiger partial charge in [-0.15, -0.1) is 0 Å². The van der Waals surface area contributed by atoms with Gasteiger partial charge < -0.3 is 20.3 Å². The molecule has 0 aliphatic carbocycles. The van der Waals surface area contributed by atoms with Crippen LogP contribution in [0.15, 0.2) is 0 Å². The first-order valence-electron chi connectivity index (χ1n) is 10.5. The number of aromatic amines is 1. The number of aromatic nitrogens is 2. The van der Waals surface area contributed by atoms with Gasteiger partial charge in [0.15, 0.2) is 5.82 Å². The molecular weight excluding hydrogens is 356 g/mol. The standard InChI is InChI=1S/C20H34N6O2/c1-13-10-25(14(2)9-24(13)11-15-5-7-28-8-6-15)19(27)26-12-16-17(20(26,3)4)22-23-18(16)21/h13-15H,5-12H2,1-4H3,(H3,21,22,23)/t13-,14+/m1/s1. The third-order valence-corrected chi connectivity index (χ3v) is 6.93. The number of amides is 2. The quantitative estimate of drug-likeness (QED) is 0.806. The van der Waals surface area contributed by atoms with E-state index in [1.54, 1.807) is 0 Å². The smallest absolute Gasteiger partial charge is 0.321 e. The number of hydrogen-bond donors (Lipinski definition) is 2. The fourth-order valence-corrected chi connectivity index (χ4v) is 4.98. The van der Waals surface area contributed by atoms with E-state index < -0.39 is 5.54 Å². The molecule has 0 spiro atoms. The Hall–Kier alpha value is -1.80. The summed E-state index contributed by atoms with van der Waals surface area (Å²) in [6, 6.07) is 0.645. The minimum atomic E-state index is -0.431. The van der Waals surface area contributed by atoms with Gasteiger partial charge in [-0.1, -0.05) is 0 Å². The van der Waals surface area contributed by atoms with Crippen LogP contribution in [0.3, 0.4) is 0 Å². The zero-order valence-corrected chi connectivity index (χ0v) is 17.6. The number of piperazine rings is 1. The predicted molar refractivity (Wildman–Crippen MR) is 108 cm³/mol. The van der Waals surface area contributed by atoms with Crippen LogP contribution in [-0.4, -0.2) is 75.9 Å². The van der Waals surface area contributed by atoms with Crippen molar-refractivity contribution in [2.75, 3.05) is 38.6 Å². The Bertz CT molecular complexity index is 726. The van der Waals surface area contributed by atoms with Gasteiger partial charge in [0.2, 0.25) is 0 Å². The van der Waals surface area contributed by atoms with Crippen molar-refractivity contribution in [1.82, 2.24) is 24.9 Å². The Morgan fingerprint density at radius 1 is 1.25 bits per heavy atom. The lowest BCUT2D eigenvalue weighted by molar-refractivity contribution is 0.00882. The number of rotatable bonds is 2. The average molecular weight is 391 g/mol. The van der Waals surface area contributed by atoms with Crippen molar-refractivity contribution in [3.63, 3.8) is 0 Å². The van der Waals surface area contributed by atoms with E-state index in [2.05, 4.69) is 42.8 Å². The monoisotopic (exact) mass is 390 g/mol. The van der Waals surface area contributed by atoms with Gasteiger partial charge in [-0.2, -0.15) is 5.10 Å². The minimum absolute atomic E-state index is 0.0964. The molecule has 0 saturated carbocycles. The topological polar surface area (TPSA) is 90.7 Å². The second-order valence-electron chi connectivity index (χ2n) is 9.25. The molecule has 1 aromatic heterocycles. The molecule has 3 N–H and O–H groups in total. The second-order valence-corrected chi connectivity index (χ2v) is 9.25. The number of nitrogens with one attached hydrogen (secondary N) is 1. The number of ether oxygens (including phenoxy) is 1. The van der Waals surface area contributed by atoms with Gasteiger partial charge in [-0.25, -0.2) is 4.79 Å². The maximum atomic E-state index is 13.5. The molecule has 4 heterocycles. The van der Waals surface area contributed by atoms with E-state index in [9.17, 15) is 4.79 Å². The molecule has 0 unspecified atom stereocenters. The molecule has 0 radical (unpaired) electrons. The van der Waals surface area contributed by atoms with Crippen LogP contribution in [0.2, 0.25) is 0 Å². The average Bonchev–Trinajstić information content (AvgIpc) is 3.16. The summed E-state index contributed by atoms with van der Waals surface area (Å²) in [6.45, 7) is 13.6. The summed E-state index contributed by atoms with van der Waals surface area (Å²) in [5.41, 5.74) is 7.48. The number of nitrogens with zero attached hydrogens (tertiary/aromatic N) is 4. The van der Waals surface area contributed by atoms with Crippen LogP contribution in [0.5, 0.6) is 0 Å². The molecule has 2 amide bonds. The highest BCUT2D eigenvalue weighted by Crippen LogP contribution is 2.40. The normalized spacial score (nSPS) is 28.6. The fraction of sp³-hybridized carbons (Fsp3) is 0.800. The SMILES string of the molecule is C[C@@H]1CN(C(=O)N2Cc3c(N)n[nH]c3C2(C)C)[C@@H](C)CN1CC1CCOCC1. The largest absolute Gasteiger partial charge is 0.382 e. The maximum absolute atomic E-state index is 13.5. The molecule has 0 aromatic carbocycles. The van der Waals surface area contributed by atoms with E-state index in [4.69, 9.17) is 10.5 Å². The minimum Gasteiger partial charge on any atom is -0.382 e. The zero-order valence-electron chi connectivity index (χ0n) is 17.6. The molecule has 1 aromatic rings. The van der Waals surface area contributed by atoms with E-state index in [1.807, 2.05) is 9.80 Å². The number of carbonyl (C=O) groups is 1. The summed E-state index contributed by atoms with van der Waals surface area (Å²) in [5, 5.41) is 7.15. The number of H-pyrrole nitrogens is 1. The van der Waals surface area contributed by atoms with E-state index in [-0.39, 0.29) is 12.1 Å². The van der Waals surface area contributed by atoms with Gasteiger partial charge in [-0.05, 0) is 46.5 Å². The van der Waals surface area contributed by atoms with Gasteiger partial charge in [-0.3, -0.25) is 10.00 Å². The van der Waals surface area contributed by atoms with Crippen molar-refractivity contribution >= 4 is 11.8 Å². The van der Waals surface area contributed by atoms with E-state index in [0.29, 0.717) is 24.3 Å². The first-order valence-corrected chi connectivity index (χ1v) is 10.5. The Balaban J connectivity index is 1.43. The summed E-state index contributed by atoms with van der Waals surface area (Å²) in [7, 11) is 0. The number of anilines is 1. The third kappa shape index (κ3) is 3.26.